The van der Waals surface area contributed by atoms with Crippen molar-refractivity contribution in [2.75, 3.05) is 0 Å². The molecule has 3 aromatic rings. The summed E-state index contributed by atoms with van der Waals surface area (Å²) >= 11 is 0. The number of furan rings is 1. The third kappa shape index (κ3) is 3.56. The summed E-state index contributed by atoms with van der Waals surface area (Å²) in [6, 6.07) is 6.86. The largest absolute Gasteiger partial charge is 0.450 e. The molecule has 0 aliphatic heterocycles. The van der Waals surface area contributed by atoms with Gasteiger partial charge in [0.05, 0.1) is 0 Å². The molecule has 0 amide bonds. The van der Waals surface area contributed by atoms with Crippen molar-refractivity contribution in [3.63, 3.8) is 0 Å². The highest BCUT2D eigenvalue weighted by molar-refractivity contribution is 6.05. The maximum absolute atomic E-state index is 13.9. The highest BCUT2D eigenvalue weighted by Crippen LogP contribution is 2.33. The van der Waals surface area contributed by atoms with Crippen LogP contribution in [0.1, 0.15) is 50.7 Å². The lowest BCUT2D eigenvalue weighted by molar-refractivity contribution is 0.308. The lowest BCUT2D eigenvalue weighted by Crippen LogP contribution is -2.08. The Morgan fingerprint density at radius 3 is 1.44 bits per heavy atom. The van der Waals surface area contributed by atoms with Crippen LogP contribution < -0.4 is 0 Å². The van der Waals surface area contributed by atoms with Gasteiger partial charge in [-0.15, -0.1) is 0 Å². The number of halogens is 2. The Morgan fingerprint density at radius 1 is 0.720 bits per heavy atom. The molecule has 4 rings (SSSR count). The summed E-state index contributed by atoms with van der Waals surface area (Å²) in [5.74, 6) is 1.20. The van der Waals surface area contributed by atoms with Crippen LogP contribution in [0.3, 0.4) is 0 Å². The maximum Gasteiger partial charge on any atom is 0.171 e. The quantitative estimate of drug-likeness (QED) is 0.416. The Hall–Kier alpha value is -1.90. The Balaban J connectivity index is 0.000000192. The molecule has 0 spiro atoms. The van der Waals surface area contributed by atoms with Crippen molar-refractivity contribution in [3.05, 3.63) is 47.0 Å². The van der Waals surface area contributed by atoms with Crippen LogP contribution in [-0.4, -0.2) is 0 Å². The first-order valence-corrected chi connectivity index (χ1v) is 9.15. The molecule has 2 aromatic carbocycles. The third-order valence-corrected chi connectivity index (χ3v) is 5.38. The lowest BCUT2D eigenvalue weighted by atomic mass is 9.84. The summed E-state index contributed by atoms with van der Waals surface area (Å²) < 4.78 is 33.0. The van der Waals surface area contributed by atoms with E-state index in [4.69, 9.17) is 4.42 Å². The molecule has 1 aliphatic rings. The van der Waals surface area contributed by atoms with E-state index in [1.54, 1.807) is 38.1 Å². The molecule has 0 N–H and O–H groups in total. The van der Waals surface area contributed by atoms with Crippen LogP contribution in [-0.2, 0) is 0 Å². The fraction of sp³-hybridized carbons (Fsp3) is 0.455. The predicted molar refractivity (Wildman–Crippen MR) is 99.9 cm³/mol. The summed E-state index contributed by atoms with van der Waals surface area (Å²) in [5, 5.41) is 1.23. The van der Waals surface area contributed by atoms with Crippen LogP contribution in [0, 0.1) is 37.3 Å². The second kappa shape index (κ2) is 7.15. The van der Waals surface area contributed by atoms with Gasteiger partial charge in [0, 0.05) is 10.8 Å². The number of hydrogen-bond donors (Lipinski definition) is 0. The zero-order valence-electron chi connectivity index (χ0n) is 15.5. The Bertz CT molecular complexity index is 814. The summed E-state index contributed by atoms with van der Waals surface area (Å²) in [5.41, 5.74) is 1.25. The van der Waals surface area contributed by atoms with E-state index < -0.39 is 11.6 Å². The van der Waals surface area contributed by atoms with E-state index in [0.717, 1.165) is 11.8 Å². The van der Waals surface area contributed by atoms with Gasteiger partial charge >= 0.3 is 0 Å². The van der Waals surface area contributed by atoms with Gasteiger partial charge in [0.2, 0.25) is 0 Å². The average molecular weight is 344 g/mol. The lowest BCUT2D eigenvalue weighted by Gasteiger charge is -2.22. The molecule has 0 bridgehead atoms. The Morgan fingerprint density at radius 2 is 1.08 bits per heavy atom. The molecule has 3 heteroatoms. The standard InChI is InChI=1S/C14H10F2O.C8H16/c1-7-3-5-9-10-6-4-8(2)12(16)14(10)17-13(9)11(7)15;1-7-3-5-8(2)6-4-7/h3-6H,1-2H3;7-8H,3-6H2,1-2H3. The minimum atomic E-state index is -0.421. The first kappa shape index (κ1) is 17.9. The van der Waals surface area contributed by atoms with Gasteiger partial charge in [0.15, 0.2) is 22.8 Å². The molecule has 0 radical (unpaired) electrons. The number of aryl methyl sites for hydroxylation is 2. The fourth-order valence-corrected chi connectivity index (χ4v) is 3.46. The van der Waals surface area contributed by atoms with E-state index in [9.17, 15) is 8.78 Å². The summed E-state index contributed by atoms with van der Waals surface area (Å²) in [6.45, 7) is 8.05. The molecule has 0 unspecified atom stereocenters. The normalized spacial score (nSPS) is 20.6. The van der Waals surface area contributed by atoms with Crippen molar-refractivity contribution in [2.45, 2.75) is 53.4 Å². The van der Waals surface area contributed by atoms with Gasteiger partial charge in [-0.3, -0.25) is 0 Å². The molecule has 134 valence electrons. The molecule has 1 fully saturated rings. The topological polar surface area (TPSA) is 13.1 Å². The monoisotopic (exact) mass is 344 g/mol. The van der Waals surface area contributed by atoms with E-state index in [1.165, 1.54) is 25.7 Å². The fourth-order valence-electron chi connectivity index (χ4n) is 3.46. The number of benzene rings is 2. The molecule has 1 nitrogen and oxygen atoms in total. The molecule has 0 atom stereocenters. The van der Waals surface area contributed by atoms with Crippen LogP contribution >= 0.6 is 0 Å². The summed E-state index contributed by atoms with van der Waals surface area (Å²) in [4.78, 5) is 0. The molecule has 1 heterocycles. The van der Waals surface area contributed by atoms with Crippen molar-refractivity contribution in [1.29, 1.82) is 0 Å². The second-order valence-electron chi connectivity index (χ2n) is 7.61. The zero-order valence-corrected chi connectivity index (χ0v) is 15.5. The predicted octanol–water partition coefficient (Wildman–Crippen LogP) is 7.31. The zero-order chi connectivity index (χ0) is 18.1. The van der Waals surface area contributed by atoms with Gasteiger partial charge in [-0.1, -0.05) is 63.8 Å². The molecule has 1 aliphatic carbocycles. The van der Waals surface area contributed by atoms with E-state index in [1.807, 2.05) is 0 Å². The van der Waals surface area contributed by atoms with E-state index in [2.05, 4.69) is 13.8 Å². The molecule has 1 saturated carbocycles. The number of hydrogen-bond acceptors (Lipinski definition) is 1. The maximum atomic E-state index is 13.9. The molecule has 0 saturated heterocycles. The van der Waals surface area contributed by atoms with E-state index in [-0.39, 0.29) is 11.2 Å². The molecular weight excluding hydrogens is 318 g/mol. The smallest absolute Gasteiger partial charge is 0.171 e. The van der Waals surface area contributed by atoms with Gasteiger partial charge in [-0.25, -0.2) is 8.78 Å². The van der Waals surface area contributed by atoms with Crippen molar-refractivity contribution < 1.29 is 13.2 Å². The van der Waals surface area contributed by atoms with Gasteiger partial charge in [0.25, 0.3) is 0 Å². The number of fused-ring (bicyclic) bond motifs is 3. The van der Waals surface area contributed by atoms with Crippen LogP contribution in [0.15, 0.2) is 28.7 Å². The van der Waals surface area contributed by atoms with Crippen LogP contribution in [0.2, 0.25) is 0 Å². The van der Waals surface area contributed by atoms with Crippen molar-refractivity contribution in [2.24, 2.45) is 11.8 Å². The Labute approximate surface area is 148 Å². The second-order valence-corrected chi connectivity index (χ2v) is 7.61. The van der Waals surface area contributed by atoms with Crippen LogP contribution in [0.4, 0.5) is 8.78 Å². The van der Waals surface area contributed by atoms with Crippen molar-refractivity contribution in [3.8, 4) is 0 Å². The SMILES string of the molecule is CC1CCC(C)CC1.Cc1ccc2c(oc3c(F)c(C)ccc32)c1F. The molecular formula is C22H26F2O. The third-order valence-electron chi connectivity index (χ3n) is 5.38. The first-order valence-electron chi connectivity index (χ1n) is 9.15. The highest BCUT2D eigenvalue weighted by atomic mass is 19.1. The van der Waals surface area contributed by atoms with Gasteiger partial charge in [0.1, 0.15) is 0 Å². The first-order chi connectivity index (χ1) is 11.9. The molecule has 1 aromatic heterocycles. The number of rotatable bonds is 0. The minimum absolute atomic E-state index is 0.129. The van der Waals surface area contributed by atoms with Gasteiger partial charge in [-0.05, 0) is 36.8 Å². The van der Waals surface area contributed by atoms with Crippen molar-refractivity contribution >= 4 is 21.9 Å². The summed E-state index contributed by atoms with van der Waals surface area (Å²) in [7, 11) is 0. The van der Waals surface area contributed by atoms with E-state index in [0.29, 0.717) is 21.9 Å². The molecule has 25 heavy (non-hydrogen) atoms. The van der Waals surface area contributed by atoms with Crippen molar-refractivity contribution in [1.82, 2.24) is 0 Å². The van der Waals surface area contributed by atoms with Crippen LogP contribution in [0.25, 0.3) is 21.9 Å². The minimum Gasteiger partial charge on any atom is -0.450 e. The average Bonchev–Trinajstić information content (AvgIpc) is 2.98. The van der Waals surface area contributed by atoms with Crippen LogP contribution in [0.5, 0.6) is 0 Å². The van der Waals surface area contributed by atoms with Gasteiger partial charge < -0.3 is 4.42 Å². The summed E-state index contributed by atoms with van der Waals surface area (Å²) in [6.07, 6.45) is 5.89. The van der Waals surface area contributed by atoms with E-state index >= 15 is 0 Å². The highest BCUT2D eigenvalue weighted by Gasteiger charge is 2.16. The van der Waals surface area contributed by atoms with Gasteiger partial charge in [-0.2, -0.15) is 0 Å². The Kier molecular flexibility index (Phi) is 5.12.